The van der Waals surface area contributed by atoms with E-state index in [1.54, 1.807) is 48.5 Å². The maximum absolute atomic E-state index is 13.8. The Labute approximate surface area is 515 Å². The number of benzene rings is 4. The van der Waals surface area contributed by atoms with Gasteiger partial charge in [-0.25, -0.2) is 22.8 Å². The van der Waals surface area contributed by atoms with Crippen LogP contribution >= 0.6 is 7.82 Å². The number of carbonyl (C=O) groups excluding carboxylic acids is 5. The van der Waals surface area contributed by atoms with E-state index in [9.17, 15) is 51.8 Å². The lowest BCUT2D eigenvalue weighted by atomic mass is 9.72. The molecule has 0 bridgehead atoms. The van der Waals surface area contributed by atoms with Gasteiger partial charge in [0.15, 0.2) is 0 Å². The van der Waals surface area contributed by atoms with E-state index in [0.29, 0.717) is 42.6 Å². The molecule has 8 rings (SSSR count). The minimum atomic E-state index is -5.12. The summed E-state index contributed by atoms with van der Waals surface area (Å²) >= 11 is 0. The molecular formula is C63H86N9O14PS. The average molecular weight is 1260 g/mol. The van der Waals surface area contributed by atoms with Crippen LogP contribution in [-0.2, 0) is 55.8 Å². The maximum Gasteiger partial charge on any atom is 0.469 e. The zero-order valence-electron chi connectivity index (χ0n) is 50.6. The number of amides is 5. The Balaban J connectivity index is 0.000000258. The zero-order chi connectivity index (χ0) is 63.8. The standard InChI is InChI=1S/C38H50N6O5.C25H36N3O9PS/c1-38(2,3)43-37(49)32-20-26-14-7-8-15-27(26)22-44(32)23-33(45)30(19-24-11-5-4-6-12-24)41-36(48)31(21-34(39)46)42-35(47)29-18-17-25-13-9-10-16-28(25)40-29;1-18(2)15-28(39(33,34)22-10-8-20(26)9-11-22)16-24(37-38(30,31)32)23(14-19-6-4-3-5-7-19)27-25(29)36-21-12-13-35-17-21/h4-6,9-13,16-18,26-27,30-33,45H,7-8,14-15,19-23H2,1-3H3,(H2,39,46)(H,41,48)(H,42,47)(H,43,49);3-11,18,21,23-24H,12-17,26H2,1-2H3,(H,27,29)(H2,30,31,32)/t26-,27+,30-,31-,32-,33+;21-,23-,24+/m00/s1. The number of hydrogen-bond acceptors (Lipinski definition) is 15. The lowest BCUT2D eigenvalue weighted by molar-refractivity contribution is -0.133. The number of aliphatic hydroxyl groups is 1. The number of aliphatic hydroxyl groups excluding tert-OH is 1. The van der Waals surface area contributed by atoms with E-state index in [4.69, 9.17) is 25.5 Å². The highest BCUT2D eigenvalue weighted by molar-refractivity contribution is 7.89. The number of ether oxygens (including phenoxy) is 2. The van der Waals surface area contributed by atoms with Crippen LogP contribution in [0.4, 0.5) is 10.5 Å². The third-order valence-corrected chi connectivity index (χ3v) is 18.0. The number of likely N-dealkylation sites (tertiary alicyclic amines) is 1. The molecule has 3 fully saturated rings. The molecule has 5 amide bonds. The maximum atomic E-state index is 13.8. The summed E-state index contributed by atoms with van der Waals surface area (Å²) in [6.45, 7) is 10.6. The number of nitrogens with two attached hydrogens (primary N) is 2. The minimum absolute atomic E-state index is 0.0235. The number of phosphoric acid groups is 1. The molecule has 2 aliphatic heterocycles. The van der Waals surface area contributed by atoms with Crippen molar-refractivity contribution in [1.82, 2.24) is 35.5 Å². The van der Waals surface area contributed by atoms with Crippen LogP contribution in [0, 0.1) is 17.8 Å². The monoisotopic (exact) mass is 1260 g/mol. The number of anilines is 1. The Morgan fingerprint density at radius 1 is 0.807 bits per heavy atom. The van der Waals surface area contributed by atoms with Gasteiger partial charge in [-0.3, -0.25) is 28.6 Å². The summed E-state index contributed by atoms with van der Waals surface area (Å²) < 4.78 is 56.2. The van der Waals surface area contributed by atoms with E-state index in [1.807, 2.05) is 83.1 Å². The van der Waals surface area contributed by atoms with Gasteiger partial charge in [-0.05, 0) is 112 Å². The van der Waals surface area contributed by atoms with Crippen molar-refractivity contribution in [2.45, 2.75) is 145 Å². The molecule has 0 radical (unpaired) electrons. The van der Waals surface area contributed by atoms with Gasteiger partial charge in [0.05, 0.1) is 54.3 Å². The molecule has 23 nitrogen and oxygen atoms in total. The number of fused-ring (bicyclic) bond motifs is 2. The molecule has 5 aromatic rings. The summed E-state index contributed by atoms with van der Waals surface area (Å²) in [6.07, 6.45) is 1.89. The fourth-order valence-electron chi connectivity index (χ4n) is 11.4. The van der Waals surface area contributed by atoms with Gasteiger partial charge in [-0.2, -0.15) is 4.31 Å². The molecule has 11 N–H and O–H groups in total. The number of piperidine rings is 1. The summed E-state index contributed by atoms with van der Waals surface area (Å²) in [4.78, 5) is 91.6. The number of sulfonamides is 1. The number of aromatic nitrogens is 1. The zero-order valence-corrected chi connectivity index (χ0v) is 52.3. The Kier molecular flexibility index (Phi) is 24.6. The summed E-state index contributed by atoms with van der Waals surface area (Å²) in [5.41, 5.74) is 13.5. The Morgan fingerprint density at radius 3 is 2.03 bits per heavy atom. The van der Waals surface area contributed by atoms with Crippen molar-refractivity contribution >= 4 is 64.2 Å². The molecule has 1 saturated carbocycles. The molecule has 0 unspecified atom stereocenters. The summed E-state index contributed by atoms with van der Waals surface area (Å²) in [5.74, 6) is -1.34. The van der Waals surface area contributed by atoms with Crippen molar-refractivity contribution in [1.29, 1.82) is 0 Å². The van der Waals surface area contributed by atoms with Crippen LogP contribution in [-0.4, -0.2) is 155 Å². The third-order valence-electron chi connectivity index (χ3n) is 15.6. The van der Waals surface area contributed by atoms with Gasteiger partial charge in [-0.1, -0.05) is 118 Å². The van der Waals surface area contributed by atoms with E-state index in [-0.39, 0.29) is 55.0 Å². The van der Waals surface area contributed by atoms with Gasteiger partial charge in [0.2, 0.25) is 27.7 Å². The first kappa shape index (κ1) is 68.6. The number of pyridine rings is 1. The second-order valence-electron chi connectivity index (χ2n) is 24.5. The summed E-state index contributed by atoms with van der Waals surface area (Å²) in [6, 6.07) is 31.1. The van der Waals surface area contributed by atoms with E-state index in [0.717, 1.165) is 46.5 Å². The van der Waals surface area contributed by atoms with Crippen LogP contribution in [0.2, 0.25) is 0 Å². The van der Waals surface area contributed by atoms with Crippen LogP contribution in [0.5, 0.6) is 0 Å². The number of para-hydroxylation sites is 1. The second-order valence-corrected chi connectivity index (χ2v) is 27.6. The molecule has 0 spiro atoms. The number of carbonyl (C=O) groups is 5. The van der Waals surface area contributed by atoms with Gasteiger partial charge in [-0.15, -0.1) is 0 Å². The number of nitrogens with zero attached hydrogens (tertiary/aromatic N) is 3. The first-order valence-electron chi connectivity index (χ1n) is 29.9. The highest BCUT2D eigenvalue weighted by atomic mass is 32.2. The smallest absolute Gasteiger partial charge is 0.444 e. The Bertz CT molecular complexity index is 3280. The van der Waals surface area contributed by atoms with Gasteiger partial charge >= 0.3 is 13.9 Å². The molecule has 25 heteroatoms. The van der Waals surface area contributed by atoms with E-state index < -0.39 is 103 Å². The molecule has 2 saturated heterocycles. The van der Waals surface area contributed by atoms with Gasteiger partial charge < -0.3 is 57.1 Å². The number of phosphoric ester groups is 1. The van der Waals surface area contributed by atoms with Crippen LogP contribution < -0.4 is 32.7 Å². The molecule has 1 aromatic heterocycles. The Hall–Kier alpha value is -6.86. The minimum Gasteiger partial charge on any atom is -0.444 e. The first-order valence-corrected chi connectivity index (χ1v) is 32.9. The molecule has 3 aliphatic rings. The summed E-state index contributed by atoms with van der Waals surface area (Å²) in [5, 5.41) is 24.1. The first-order chi connectivity index (χ1) is 41.7. The van der Waals surface area contributed by atoms with Crippen LogP contribution in [0.15, 0.2) is 126 Å². The lowest BCUT2D eigenvalue weighted by Crippen LogP contribution is -2.61. The molecule has 4 aromatic carbocycles. The third kappa shape index (κ3) is 21.2. The highest BCUT2D eigenvalue weighted by Gasteiger charge is 2.43. The van der Waals surface area contributed by atoms with E-state index >= 15 is 0 Å². The number of hydrogen-bond donors (Lipinski definition) is 9. The molecular weight excluding hydrogens is 1170 g/mol. The van der Waals surface area contributed by atoms with Crippen molar-refractivity contribution < 1.29 is 65.8 Å². The van der Waals surface area contributed by atoms with E-state index in [2.05, 4.69) is 31.2 Å². The van der Waals surface area contributed by atoms with Gasteiger partial charge in [0.25, 0.3) is 5.91 Å². The fourth-order valence-corrected chi connectivity index (χ4v) is 13.6. The van der Waals surface area contributed by atoms with Crippen molar-refractivity contribution in [3.63, 3.8) is 0 Å². The van der Waals surface area contributed by atoms with Crippen molar-refractivity contribution in [2.24, 2.45) is 23.5 Å². The Morgan fingerprint density at radius 2 is 1.43 bits per heavy atom. The number of rotatable bonds is 25. The topological polar surface area (TPSA) is 344 Å². The number of alkyl carbamates (subject to hydrolysis) is 1. The fraction of sp³-hybridized carbons (Fsp3) is 0.492. The predicted molar refractivity (Wildman–Crippen MR) is 332 cm³/mol. The van der Waals surface area contributed by atoms with Crippen molar-refractivity contribution in [3.05, 3.63) is 138 Å². The average Bonchev–Trinajstić information content (AvgIpc) is 3.95. The molecule has 1 aliphatic carbocycles. The SMILES string of the molecule is CC(C)(C)NC(=O)[C@@H]1C[C@@H]2CCCC[C@@H]2CN1C[C@@H](O)[C@H](Cc1ccccc1)NC(=O)[C@H](CC(N)=O)NC(=O)c1ccc2ccccc2n1.CC(C)CN(C[C@@H](OP(=O)(O)O)[C@H](Cc1ccccc1)NC(=O)O[C@H]1CCOC1)S(=O)(=O)c1ccc(N)cc1. The van der Waals surface area contributed by atoms with Gasteiger partial charge in [0, 0.05) is 49.2 Å². The van der Waals surface area contributed by atoms with Crippen molar-refractivity contribution in [2.75, 3.05) is 45.1 Å². The van der Waals surface area contributed by atoms with E-state index in [1.165, 1.54) is 30.7 Å². The normalized spacial score (nSPS) is 19.8. The van der Waals surface area contributed by atoms with Crippen LogP contribution in [0.25, 0.3) is 10.9 Å². The second kappa shape index (κ2) is 31.5. The molecule has 88 heavy (non-hydrogen) atoms. The van der Waals surface area contributed by atoms with Crippen molar-refractivity contribution in [3.8, 4) is 0 Å². The summed E-state index contributed by atoms with van der Waals surface area (Å²) in [7, 11) is -9.26. The number of nitrogen functional groups attached to an aromatic ring is 1. The highest BCUT2D eigenvalue weighted by Crippen LogP contribution is 2.40. The quantitative estimate of drug-likeness (QED) is 0.0253. The largest absolute Gasteiger partial charge is 0.469 e. The number of nitrogens with one attached hydrogen (secondary N) is 4. The number of primary amides is 1. The predicted octanol–water partition coefficient (Wildman–Crippen LogP) is 5.61. The van der Waals surface area contributed by atoms with Crippen LogP contribution in [0.1, 0.15) is 101 Å². The lowest BCUT2D eigenvalue weighted by Gasteiger charge is -2.47. The number of β-amino-alcohol motifs (C(OH)–C–C–N with tert-alkyl or cyclic N) is 1. The van der Waals surface area contributed by atoms with Crippen LogP contribution in [0.3, 0.4) is 0 Å². The molecule has 9 atom stereocenters. The van der Waals surface area contributed by atoms with Gasteiger partial charge in [0.1, 0.15) is 23.9 Å². The molecule has 3 heterocycles. The molecule has 478 valence electrons.